The van der Waals surface area contributed by atoms with Crippen LogP contribution in [0.2, 0.25) is 0 Å². The van der Waals surface area contributed by atoms with Crippen molar-refractivity contribution in [3.8, 4) is 17.0 Å². The van der Waals surface area contributed by atoms with Crippen molar-refractivity contribution < 1.29 is 39.9 Å². The number of nitrogens with one attached hydrogen (secondary N) is 1. The Labute approximate surface area is 250 Å². The van der Waals surface area contributed by atoms with E-state index in [0.29, 0.717) is 11.1 Å². The number of pyridine rings is 1. The second-order valence-electron chi connectivity index (χ2n) is 10.5. The van der Waals surface area contributed by atoms with Gasteiger partial charge in [-0.3, -0.25) is 9.78 Å². The monoisotopic (exact) mass is 630 g/mol. The van der Waals surface area contributed by atoms with Crippen LogP contribution in [0, 0.1) is 11.7 Å². The second-order valence-corrected chi connectivity index (χ2v) is 12.6. The molecule has 3 atom stereocenters. The molecule has 0 saturated heterocycles. The number of carbonyl (C=O) groups excluding carboxylic acids is 1. The number of amides is 1. The average molecular weight is 631 g/mol. The second kappa shape index (κ2) is 12.7. The topological polar surface area (TPSA) is 85.4 Å². The van der Waals surface area contributed by atoms with Crippen LogP contribution >= 0.6 is 0 Å². The number of carbonyl (C=O) groups is 1. The zero-order valence-electron chi connectivity index (χ0n) is 23.1. The van der Waals surface area contributed by atoms with Gasteiger partial charge in [-0.15, -0.1) is 0 Å². The lowest BCUT2D eigenvalue weighted by molar-refractivity contribution is -0.137. The molecule has 1 amide bonds. The summed E-state index contributed by atoms with van der Waals surface area (Å²) in [7, 11) is -4.12. The first kappa shape index (κ1) is 31.1. The minimum Gasteiger partial charge on any atom is -0.488 e. The van der Waals surface area contributed by atoms with E-state index in [9.17, 15) is 35.2 Å². The van der Waals surface area contributed by atoms with Gasteiger partial charge in [0.25, 0.3) is 0 Å². The Hall–Kier alpha value is -4.32. The molecule has 1 unspecified atom stereocenters. The van der Waals surface area contributed by atoms with Gasteiger partial charge in [0.15, 0.2) is 9.84 Å². The highest BCUT2D eigenvalue weighted by Crippen LogP contribution is 2.38. The van der Waals surface area contributed by atoms with Crippen LogP contribution in [0.15, 0.2) is 96.0 Å². The molecule has 0 bridgehead atoms. The van der Waals surface area contributed by atoms with Crippen LogP contribution in [-0.4, -0.2) is 30.7 Å². The summed E-state index contributed by atoms with van der Waals surface area (Å²) in [5, 5.41) is 1.33. The Bertz CT molecular complexity index is 1730. The summed E-state index contributed by atoms with van der Waals surface area (Å²) in [4.78, 5) is 17.2. The molecule has 1 aromatic heterocycles. The number of hydrogen-bond donors (Lipinski definition) is 1. The van der Waals surface area contributed by atoms with Crippen LogP contribution in [-0.2, 0) is 34.0 Å². The van der Waals surface area contributed by atoms with Crippen LogP contribution in [0.5, 0.6) is 5.75 Å². The maximum atomic E-state index is 14.4. The van der Waals surface area contributed by atoms with Crippen LogP contribution in [0.3, 0.4) is 0 Å². The van der Waals surface area contributed by atoms with Crippen molar-refractivity contribution in [2.45, 2.75) is 48.5 Å². The Kier molecular flexibility index (Phi) is 9.00. The molecule has 1 aliphatic carbocycles. The predicted octanol–water partition coefficient (Wildman–Crippen LogP) is 6.69. The maximum absolute atomic E-state index is 14.4. The number of hydrogen-bond acceptors (Lipinski definition) is 5. The van der Waals surface area contributed by atoms with Gasteiger partial charge in [0.2, 0.25) is 5.91 Å². The van der Waals surface area contributed by atoms with Gasteiger partial charge in [-0.05, 0) is 78.6 Å². The first-order chi connectivity index (χ1) is 20.9. The molecule has 0 radical (unpaired) electrons. The minimum absolute atomic E-state index is 0.0177. The first-order valence-electron chi connectivity index (χ1n) is 13.7. The summed E-state index contributed by atoms with van der Waals surface area (Å²) in [6.07, 6.45) is -5.33. The highest BCUT2D eigenvalue weighted by atomic mass is 32.2. The lowest BCUT2D eigenvalue weighted by Gasteiger charge is -2.19. The van der Waals surface area contributed by atoms with Crippen molar-refractivity contribution in [1.29, 1.82) is 0 Å². The summed E-state index contributed by atoms with van der Waals surface area (Å²) in [5.74, 6) is -2.50. The summed E-state index contributed by atoms with van der Waals surface area (Å²) >= 11 is 0. The zero-order valence-corrected chi connectivity index (χ0v) is 23.9. The molecule has 1 saturated carbocycles. The highest BCUT2D eigenvalue weighted by molar-refractivity contribution is 7.92. The van der Waals surface area contributed by atoms with Crippen molar-refractivity contribution in [2.24, 2.45) is 5.92 Å². The van der Waals surface area contributed by atoms with Gasteiger partial charge in [-0.1, -0.05) is 30.3 Å². The van der Waals surface area contributed by atoms with Crippen molar-refractivity contribution >= 4 is 15.7 Å². The molecule has 3 aromatic carbocycles. The summed E-state index contributed by atoms with van der Waals surface area (Å²) < 4.78 is 100. The van der Waals surface area contributed by atoms with E-state index in [0.717, 1.165) is 42.0 Å². The van der Waals surface area contributed by atoms with Crippen molar-refractivity contribution in [3.63, 3.8) is 0 Å². The third-order valence-corrected chi connectivity index (χ3v) is 9.68. The summed E-state index contributed by atoms with van der Waals surface area (Å²) in [6, 6.07) is 19.3. The Morgan fingerprint density at radius 2 is 1.66 bits per heavy atom. The fraction of sp³-hybridized carbons (Fsp3) is 0.250. The van der Waals surface area contributed by atoms with E-state index >= 15 is 0 Å². The number of aromatic nitrogens is 1. The number of ether oxygens (including phenoxy) is 1. The fourth-order valence-corrected chi connectivity index (χ4v) is 7.17. The third-order valence-electron chi connectivity index (χ3n) is 7.44. The molecule has 44 heavy (non-hydrogen) atoms. The van der Waals surface area contributed by atoms with Crippen molar-refractivity contribution in [1.82, 2.24) is 10.3 Å². The van der Waals surface area contributed by atoms with E-state index in [1.54, 1.807) is 42.5 Å². The number of nitrogens with zero attached hydrogens (tertiary/aromatic N) is 1. The van der Waals surface area contributed by atoms with Gasteiger partial charge in [0.1, 0.15) is 24.3 Å². The van der Waals surface area contributed by atoms with E-state index in [-0.39, 0.29) is 42.3 Å². The molecule has 4 aromatic rings. The highest BCUT2D eigenvalue weighted by Gasteiger charge is 2.46. The molecule has 6 nitrogen and oxygen atoms in total. The van der Waals surface area contributed by atoms with E-state index < -0.39 is 50.6 Å². The number of rotatable bonds is 9. The molecule has 0 spiro atoms. The Morgan fingerprint density at radius 3 is 2.36 bits per heavy atom. The first-order valence-corrected chi connectivity index (χ1v) is 15.2. The average Bonchev–Trinajstić information content (AvgIpc) is 3.42. The molecule has 5 rings (SSSR count). The molecule has 1 N–H and O–H groups in total. The van der Waals surface area contributed by atoms with Crippen molar-refractivity contribution in [2.75, 3.05) is 0 Å². The maximum Gasteiger partial charge on any atom is 0.416 e. The van der Waals surface area contributed by atoms with Crippen molar-refractivity contribution in [3.05, 3.63) is 114 Å². The van der Waals surface area contributed by atoms with E-state index in [1.807, 2.05) is 0 Å². The van der Waals surface area contributed by atoms with Gasteiger partial charge < -0.3 is 10.1 Å². The predicted molar refractivity (Wildman–Crippen MR) is 152 cm³/mol. The molecule has 1 fully saturated rings. The SMILES string of the molecule is O=C(NCc1ccnc(-c2ccc(C(F)(F)F)cc2OCc2ccccc2)c1)[C@@H]1C[C@@H](F)CC1S(=O)(=O)c1ccc(F)cc1. The standard InChI is InChI=1S/C32H27F5N2O4S/c33-23-7-9-25(10-8-23)44(41,42)30-17-24(34)16-27(30)31(40)39-18-21-12-13-38-28(14-21)26-11-6-22(32(35,36)37)15-29(26)43-19-20-4-2-1-3-5-20/h1-15,24,27,30H,16-19H2,(H,39,40)/t24-,27-,30?/m1/s1. The third kappa shape index (κ3) is 7.07. The molecule has 230 valence electrons. The molecular formula is C32H27F5N2O4S. The summed E-state index contributed by atoms with van der Waals surface area (Å²) in [5.41, 5.74) is 0.965. The van der Waals surface area contributed by atoms with Gasteiger partial charge in [0, 0.05) is 18.3 Å². The van der Waals surface area contributed by atoms with Gasteiger partial charge in [-0.25, -0.2) is 17.2 Å². The molecular weight excluding hydrogens is 603 g/mol. The lowest BCUT2D eigenvalue weighted by atomic mass is 10.0. The quantitative estimate of drug-likeness (QED) is 0.165. The van der Waals surface area contributed by atoms with Gasteiger partial charge >= 0.3 is 6.18 Å². The summed E-state index contributed by atoms with van der Waals surface area (Å²) in [6.45, 7) is -0.0597. The molecule has 12 heteroatoms. The van der Waals surface area contributed by atoms with Gasteiger partial charge in [-0.2, -0.15) is 13.2 Å². The van der Waals surface area contributed by atoms with Crippen LogP contribution in [0.1, 0.15) is 29.5 Å². The van der Waals surface area contributed by atoms with E-state index in [1.165, 1.54) is 12.3 Å². The van der Waals surface area contributed by atoms with E-state index in [2.05, 4.69) is 10.3 Å². The lowest BCUT2D eigenvalue weighted by Crippen LogP contribution is -2.38. The van der Waals surface area contributed by atoms with E-state index in [4.69, 9.17) is 4.74 Å². The smallest absolute Gasteiger partial charge is 0.416 e. The molecule has 0 aliphatic heterocycles. The Morgan fingerprint density at radius 1 is 0.932 bits per heavy atom. The van der Waals surface area contributed by atoms with Crippen LogP contribution < -0.4 is 10.1 Å². The minimum atomic E-state index is -4.59. The number of halogens is 5. The molecule has 1 aliphatic rings. The number of sulfone groups is 1. The zero-order chi connectivity index (χ0) is 31.5. The fourth-order valence-electron chi connectivity index (χ4n) is 5.17. The van der Waals surface area contributed by atoms with Gasteiger partial charge in [0.05, 0.1) is 27.3 Å². The van der Waals surface area contributed by atoms with Crippen LogP contribution in [0.4, 0.5) is 22.0 Å². The molecule has 1 heterocycles. The largest absolute Gasteiger partial charge is 0.488 e. The van der Waals surface area contributed by atoms with Crippen LogP contribution in [0.25, 0.3) is 11.3 Å². The number of benzene rings is 3. The Balaban J connectivity index is 1.34. The normalized spacial score (nSPS) is 18.6. The number of alkyl halides is 4.